The van der Waals surface area contributed by atoms with Crippen LogP contribution in [0.3, 0.4) is 0 Å². The summed E-state index contributed by atoms with van der Waals surface area (Å²) in [5.74, 6) is 1.30. The molecule has 0 aliphatic carbocycles. The molecule has 21 heavy (non-hydrogen) atoms. The highest BCUT2D eigenvalue weighted by atomic mass is 32.2. The molecule has 4 heteroatoms. The summed E-state index contributed by atoms with van der Waals surface area (Å²) in [7, 11) is 0. The first-order valence-corrected chi connectivity index (χ1v) is 9.31. The summed E-state index contributed by atoms with van der Waals surface area (Å²) in [5.41, 5.74) is 1.38. The van der Waals surface area contributed by atoms with Crippen LogP contribution in [0.5, 0.6) is 0 Å². The molecule has 2 heterocycles. The standard InChI is InChI=1S/C17H27N3S/c1-2-4-16(5-3-1)20-12-10-19(11-13-20)14-15-21-17-6-8-18-9-7-17/h1-5,17-18H,6-15H2. The summed E-state index contributed by atoms with van der Waals surface area (Å²) in [6.45, 7) is 8.45. The smallest absolute Gasteiger partial charge is 0.0367 e. The van der Waals surface area contributed by atoms with Gasteiger partial charge < -0.3 is 10.2 Å². The quantitative estimate of drug-likeness (QED) is 0.899. The average Bonchev–Trinajstić information content (AvgIpc) is 2.57. The van der Waals surface area contributed by atoms with E-state index in [2.05, 4.69) is 57.2 Å². The van der Waals surface area contributed by atoms with Crippen LogP contribution in [0.4, 0.5) is 5.69 Å². The predicted octanol–water partition coefficient (Wildman–Crippen LogP) is 2.29. The number of piperidine rings is 1. The number of nitrogens with zero attached hydrogens (tertiary/aromatic N) is 2. The maximum atomic E-state index is 3.45. The van der Waals surface area contributed by atoms with Crippen molar-refractivity contribution in [2.75, 3.05) is 56.5 Å². The number of rotatable bonds is 5. The summed E-state index contributed by atoms with van der Waals surface area (Å²) in [6.07, 6.45) is 2.71. The summed E-state index contributed by atoms with van der Waals surface area (Å²) in [5, 5.41) is 4.35. The Kier molecular flexibility index (Phi) is 5.83. The number of hydrogen-bond donors (Lipinski definition) is 1. The van der Waals surface area contributed by atoms with Crippen molar-refractivity contribution in [3.8, 4) is 0 Å². The number of para-hydroxylation sites is 1. The fourth-order valence-corrected chi connectivity index (χ4v) is 4.45. The molecule has 2 fully saturated rings. The van der Waals surface area contributed by atoms with Gasteiger partial charge in [0.05, 0.1) is 0 Å². The molecule has 0 amide bonds. The maximum Gasteiger partial charge on any atom is 0.0367 e. The molecule has 116 valence electrons. The van der Waals surface area contributed by atoms with E-state index in [1.807, 2.05) is 0 Å². The Morgan fingerprint density at radius 1 is 1.00 bits per heavy atom. The molecule has 2 saturated heterocycles. The molecule has 0 unspecified atom stereocenters. The van der Waals surface area contributed by atoms with Crippen molar-refractivity contribution < 1.29 is 0 Å². The van der Waals surface area contributed by atoms with Crippen LogP contribution >= 0.6 is 11.8 Å². The van der Waals surface area contributed by atoms with E-state index >= 15 is 0 Å². The fourth-order valence-electron chi connectivity index (χ4n) is 3.18. The van der Waals surface area contributed by atoms with Gasteiger partial charge in [-0.3, -0.25) is 4.90 Å². The molecule has 0 aromatic heterocycles. The Labute approximate surface area is 133 Å². The van der Waals surface area contributed by atoms with Gasteiger partial charge in [-0.05, 0) is 38.1 Å². The highest BCUT2D eigenvalue weighted by molar-refractivity contribution is 7.99. The van der Waals surface area contributed by atoms with Crippen LogP contribution in [-0.2, 0) is 0 Å². The second kappa shape index (κ2) is 8.06. The highest BCUT2D eigenvalue weighted by Crippen LogP contribution is 2.21. The van der Waals surface area contributed by atoms with Crippen molar-refractivity contribution >= 4 is 17.4 Å². The van der Waals surface area contributed by atoms with Crippen LogP contribution in [-0.4, -0.2) is 61.7 Å². The number of anilines is 1. The third kappa shape index (κ3) is 4.63. The van der Waals surface area contributed by atoms with Crippen LogP contribution in [0.1, 0.15) is 12.8 Å². The third-order valence-corrected chi connectivity index (χ3v) is 5.90. The number of benzene rings is 1. The lowest BCUT2D eigenvalue weighted by Gasteiger charge is -2.36. The van der Waals surface area contributed by atoms with E-state index in [4.69, 9.17) is 0 Å². The van der Waals surface area contributed by atoms with Crippen molar-refractivity contribution in [1.82, 2.24) is 10.2 Å². The van der Waals surface area contributed by atoms with Gasteiger partial charge in [0, 0.05) is 49.4 Å². The molecular formula is C17H27N3S. The van der Waals surface area contributed by atoms with Crippen molar-refractivity contribution in [3.63, 3.8) is 0 Å². The number of hydrogen-bond acceptors (Lipinski definition) is 4. The molecule has 1 N–H and O–H groups in total. The van der Waals surface area contributed by atoms with E-state index in [0.29, 0.717) is 0 Å². The number of piperazine rings is 1. The Morgan fingerprint density at radius 3 is 2.43 bits per heavy atom. The Morgan fingerprint density at radius 2 is 1.71 bits per heavy atom. The largest absolute Gasteiger partial charge is 0.369 e. The van der Waals surface area contributed by atoms with Gasteiger partial charge in [0.2, 0.25) is 0 Å². The zero-order valence-electron chi connectivity index (χ0n) is 12.8. The third-order valence-electron chi connectivity index (χ3n) is 4.54. The van der Waals surface area contributed by atoms with Crippen molar-refractivity contribution in [2.24, 2.45) is 0 Å². The molecule has 1 aromatic carbocycles. The molecule has 0 spiro atoms. The van der Waals surface area contributed by atoms with E-state index < -0.39 is 0 Å². The van der Waals surface area contributed by atoms with E-state index in [-0.39, 0.29) is 0 Å². The van der Waals surface area contributed by atoms with Crippen LogP contribution in [0, 0.1) is 0 Å². The van der Waals surface area contributed by atoms with Gasteiger partial charge in [-0.2, -0.15) is 11.8 Å². The maximum absolute atomic E-state index is 3.45. The fraction of sp³-hybridized carbons (Fsp3) is 0.647. The Bertz CT molecular complexity index is 398. The van der Waals surface area contributed by atoms with E-state index in [1.165, 1.54) is 70.1 Å². The Hall–Kier alpha value is -0.710. The van der Waals surface area contributed by atoms with E-state index in [1.54, 1.807) is 0 Å². The number of nitrogens with one attached hydrogen (secondary N) is 1. The first-order valence-electron chi connectivity index (χ1n) is 8.26. The van der Waals surface area contributed by atoms with Gasteiger partial charge in [-0.1, -0.05) is 18.2 Å². The molecule has 1 aromatic rings. The topological polar surface area (TPSA) is 18.5 Å². The lowest BCUT2D eigenvalue weighted by Crippen LogP contribution is -2.47. The van der Waals surface area contributed by atoms with Gasteiger partial charge in [0.1, 0.15) is 0 Å². The molecular weight excluding hydrogens is 278 g/mol. The second-order valence-corrected chi connectivity index (χ2v) is 7.39. The van der Waals surface area contributed by atoms with Crippen molar-refractivity contribution in [3.05, 3.63) is 30.3 Å². The minimum atomic E-state index is 0.900. The van der Waals surface area contributed by atoms with Crippen molar-refractivity contribution in [1.29, 1.82) is 0 Å². The summed E-state index contributed by atoms with van der Waals surface area (Å²) < 4.78 is 0. The van der Waals surface area contributed by atoms with Crippen LogP contribution in [0.25, 0.3) is 0 Å². The van der Waals surface area contributed by atoms with Gasteiger partial charge in [0.25, 0.3) is 0 Å². The van der Waals surface area contributed by atoms with Gasteiger partial charge in [0.15, 0.2) is 0 Å². The lowest BCUT2D eigenvalue weighted by molar-refractivity contribution is 0.273. The minimum Gasteiger partial charge on any atom is -0.369 e. The number of thioether (sulfide) groups is 1. The molecule has 2 aliphatic rings. The van der Waals surface area contributed by atoms with Crippen LogP contribution in [0.2, 0.25) is 0 Å². The van der Waals surface area contributed by atoms with Gasteiger partial charge in [-0.15, -0.1) is 0 Å². The van der Waals surface area contributed by atoms with Gasteiger partial charge in [-0.25, -0.2) is 0 Å². The Balaban J connectivity index is 1.34. The van der Waals surface area contributed by atoms with Crippen LogP contribution < -0.4 is 10.2 Å². The summed E-state index contributed by atoms with van der Waals surface area (Å²) in [4.78, 5) is 5.14. The molecule has 3 rings (SSSR count). The molecule has 3 nitrogen and oxygen atoms in total. The molecule has 2 aliphatic heterocycles. The van der Waals surface area contributed by atoms with E-state index in [9.17, 15) is 0 Å². The van der Waals surface area contributed by atoms with Gasteiger partial charge >= 0.3 is 0 Å². The summed E-state index contributed by atoms with van der Waals surface area (Å²) in [6, 6.07) is 10.8. The molecule has 0 saturated carbocycles. The minimum absolute atomic E-state index is 0.900. The molecule has 0 bridgehead atoms. The molecule has 0 radical (unpaired) electrons. The summed E-state index contributed by atoms with van der Waals surface area (Å²) >= 11 is 2.19. The highest BCUT2D eigenvalue weighted by Gasteiger charge is 2.18. The monoisotopic (exact) mass is 305 g/mol. The zero-order chi connectivity index (χ0) is 14.3. The normalized spacial score (nSPS) is 21.6. The van der Waals surface area contributed by atoms with Crippen LogP contribution in [0.15, 0.2) is 30.3 Å². The molecule has 0 atom stereocenters. The average molecular weight is 305 g/mol. The second-order valence-electron chi connectivity index (χ2n) is 5.98. The predicted molar refractivity (Wildman–Crippen MR) is 93.4 cm³/mol. The van der Waals surface area contributed by atoms with Crippen molar-refractivity contribution in [2.45, 2.75) is 18.1 Å². The zero-order valence-corrected chi connectivity index (χ0v) is 13.7. The van der Waals surface area contributed by atoms with E-state index in [0.717, 1.165) is 5.25 Å². The first kappa shape index (κ1) is 15.2. The lowest BCUT2D eigenvalue weighted by atomic mass is 10.2. The SMILES string of the molecule is c1ccc(N2CCN(CCSC3CCNCC3)CC2)cc1. The first-order chi connectivity index (χ1) is 10.4.